The van der Waals surface area contributed by atoms with Gasteiger partial charge in [0, 0.05) is 6.42 Å². The van der Waals surface area contributed by atoms with E-state index in [9.17, 15) is 4.79 Å². The van der Waals surface area contributed by atoms with E-state index in [0.717, 1.165) is 0 Å². The van der Waals surface area contributed by atoms with Crippen molar-refractivity contribution in [3.8, 4) is 0 Å². The normalized spacial score (nSPS) is 10.2. The molecular weight excluding hydrogens is 174 g/mol. The van der Waals surface area contributed by atoms with Gasteiger partial charge in [-0.3, -0.25) is 4.79 Å². The Morgan fingerprint density at radius 1 is 1.67 bits per heavy atom. The van der Waals surface area contributed by atoms with E-state index >= 15 is 0 Å². The van der Waals surface area contributed by atoms with Crippen LogP contribution in [0.3, 0.4) is 0 Å². The smallest absolute Gasteiger partial charge is 0.305 e. The second kappa shape index (κ2) is 5.01. The van der Waals surface area contributed by atoms with E-state index in [4.69, 9.17) is 4.74 Å². The van der Waals surface area contributed by atoms with Crippen LogP contribution in [0, 0.1) is 0 Å². The van der Waals surface area contributed by atoms with Crippen molar-refractivity contribution >= 4 is 23.3 Å². The molecule has 0 fully saturated rings. The van der Waals surface area contributed by atoms with Gasteiger partial charge < -0.3 is 4.74 Å². The van der Waals surface area contributed by atoms with Gasteiger partial charge in [0.25, 0.3) is 0 Å². The summed E-state index contributed by atoms with van der Waals surface area (Å²) in [5.74, 6) is -0.220. The number of esters is 1. The molecule has 0 saturated carbocycles. The number of hydrogen-bond acceptors (Lipinski definition) is 4. The Morgan fingerprint density at radius 2 is 2.25 bits per heavy atom. The fraction of sp³-hybridized carbons (Fsp3) is 0.750. The molecule has 3 nitrogen and oxygen atoms in total. The second-order valence-corrected chi connectivity index (χ2v) is 3.21. The highest BCUT2D eigenvalue weighted by molar-refractivity contribution is 7.78. The molecular formula is C8H13NO2S. The summed E-state index contributed by atoms with van der Waals surface area (Å²) in [6, 6.07) is 0. The summed E-state index contributed by atoms with van der Waals surface area (Å²) >= 11 is 4.45. The van der Waals surface area contributed by atoms with Gasteiger partial charge in [-0.15, -0.1) is 0 Å². The molecule has 0 aromatic heterocycles. The average Bonchev–Trinajstić information content (AvgIpc) is 2.00. The van der Waals surface area contributed by atoms with Crippen LogP contribution in [0.1, 0.15) is 27.2 Å². The first-order valence-electron chi connectivity index (χ1n) is 3.76. The van der Waals surface area contributed by atoms with Gasteiger partial charge in [0.1, 0.15) is 6.61 Å². The molecule has 0 aliphatic carbocycles. The van der Waals surface area contributed by atoms with Gasteiger partial charge in [-0.1, -0.05) is 6.92 Å². The minimum atomic E-state index is -0.452. The highest BCUT2D eigenvalue weighted by Crippen LogP contribution is 2.08. The molecule has 0 spiro atoms. The van der Waals surface area contributed by atoms with Crippen molar-refractivity contribution in [2.45, 2.75) is 32.7 Å². The van der Waals surface area contributed by atoms with E-state index in [0.29, 0.717) is 6.42 Å². The lowest BCUT2D eigenvalue weighted by molar-refractivity contribution is -0.144. The number of thiocarbonyl (C=S) groups is 1. The maximum Gasteiger partial charge on any atom is 0.305 e. The van der Waals surface area contributed by atoms with E-state index in [1.807, 2.05) is 13.8 Å². The number of rotatable bonds is 4. The van der Waals surface area contributed by atoms with Gasteiger partial charge in [0.2, 0.25) is 0 Å². The summed E-state index contributed by atoms with van der Waals surface area (Å²) in [5.41, 5.74) is -0.452. The zero-order valence-corrected chi connectivity index (χ0v) is 8.40. The van der Waals surface area contributed by atoms with Crippen LogP contribution in [-0.2, 0) is 9.53 Å². The van der Waals surface area contributed by atoms with Crippen LogP contribution in [0.5, 0.6) is 0 Å². The fourth-order valence-corrected chi connectivity index (χ4v) is 0.762. The van der Waals surface area contributed by atoms with Gasteiger partial charge in [-0.25, -0.2) is 4.99 Å². The molecule has 0 saturated heterocycles. The van der Waals surface area contributed by atoms with Crippen molar-refractivity contribution in [1.29, 1.82) is 0 Å². The first-order valence-corrected chi connectivity index (χ1v) is 4.17. The third-order valence-corrected chi connectivity index (χ3v) is 1.31. The highest BCUT2D eigenvalue weighted by atomic mass is 32.1. The van der Waals surface area contributed by atoms with Gasteiger partial charge >= 0.3 is 5.97 Å². The van der Waals surface area contributed by atoms with Crippen LogP contribution in [0.25, 0.3) is 0 Å². The zero-order chi connectivity index (χ0) is 9.61. The van der Waals surface area contributed by atoms with Crippen LogP contribution in [0.4, 0.5) is 0 Å². The quantitative estimate of drug-likeness (QED) is 0.383. The van der Waals surface area contributed by atoms with Crippen LogP contribution in [-0.4, -0.2) is 23.3 Å². The molecule has 4 heteroatoms. The van der Waals surface area contributed by atoms with E-state index in [-0.39, 0.29) is 12.6 Å². The molecule has 0 rings (SSSR count). The maximum absolute atomic E-state index is 10.8. The van der Waals surface area contributed by atoms with E-state index < -0.39 is 5.54 Å². The Bertz CT molecular complexity index is 207. The Hall–Kier alpha value is -0.730. The summed E-state index contributed by atoms with van der Waals surface area (Å²) in [5, 5.41) is 2.27. The third-order valence-electron chi connectivity index (χ3n) is 1.22. The predicted molar refractivity (Wildman–Crippen MR) is 50.4 cm³/mol. The van der Waals surface area contributed by atoms with Crippen LogP contribution in [0.2, 0.25) is 0 Å². The average molecular weight is 187 g/mol. The molecule has 0 radical (unpaired) electrons. The van der Waals surface area contributed by atoms with Gasteiger partial charge in [0.15, 0.2) is 0 Å². The van der Waals surface area contributed by atoms with E-state index in [1.54, 1.807) is 6.92 Å². The van der Waals surface area contributed by atoms with Crippen LogP contribution in [0.15, 0.2) is 4.99 Å². The lowest BCUT2D eigenvalue weighted by Gasteiger charge is -2.16. The number of carbonyl (C=O) groups is 1. The molecule has 0 heterocycles. The molecule has 0 unspecified atom stereocenters. The van der Waals surface area contributed by atoms with Crippen molar-refractivity contribution in [1.82, 2.24) is 0 Å². The lowest BCUT2D eigenvalue weighted by Crippen LogP contribution is -2.25. The predicted octanol–water partition coefficient (Wildman–Crippen LogP) is 1.82. The second-order valence-electron chi connectivity index (χ2n) is 3.03. The lowest BCUT2D eigenvalue weighted by atomic mass is 10.1. The molecule has 0 aromatic rings. The molecule has 0 bridgehead atoms. The third kappa shape index (κ3) is 4.99. The van der Waals surface area contributed by atoms with E-state index in [1.165, 1.54) is 0 Å². The first kappa shape index (κ1) is 11.3. The molecule has 0 amide bonds. The number of carbonyl (C=O) groups excluding carboxylic acids is 1. The highest BCUT2D eigenvalue weighted by Gasteiger charge is 2.17. The summed E-state index contributed by atoms with van der Waals surface area (Å²) in [6.07, 6.45) is 0.386. The first-order chi connectivity index (χ1) is 5.52. The molecule has 0 aliphatic heterocycles. The minimum absolute atomic E-state index is 0.220. The van der Waals surface area contributed by atoms with Crippen molar-refractivity contribution in [3.05, 3.63) is 0 Å². The standard InChI is InChI=1S/C8H13NO2S/c1-4-7(10)11-5-8(2,3)9-6-12/h4-5H2,1-3H3. The molecule has 0 aromatic carbocycles. The molecule has 0 aliphatic rings. The summed E-state index contributed by atoms with van der Waals surface area (Å²) < 4.78 is 4.89. The SMILES string of the molecule is CCC(=O)OCC(C)(C)N=C=S. The van der Waals surface area contributed by atoms with Crippen LogP contribution >= 0.6 is 12.2 Å². The number of aliphatic imine (C=N–C) groups is 1. The molecule has 0 N–H and O–H groups in total. The van der Waals surface area contributed by atoms with Crippen molar-refractivity contribution in [2.24, 2.45) is 4.99 Å². The Kier molecular flexibility index (Phi) is 4.71. The van der Waals surface area contributed by atoms with Crippen molar-refractivity contribution < 1.29 is 9.53 Å². The number of ether oxygens (including phenoxy) is 1. The molecule has 68 valence electrons. The maximum atomic E-state index is 10.8. The van der Waals surface area contributed by atoms with Gasteiger partial charge in [-0.05, 0) is 26.1 Å². The summed E-state index contributed by atoms with van der Waals surface area (Å²) in [4.78, 5) is 14.6. The van der Waals surface area contributed by atoms with Crippen LogP contribution < -0.4 is 0 Å². The molecule has 12 heavy (non-hydrogen) atoms. The Morgan fingerprint density at radius 3 is 2.67 bits per heavy atom. The number of nitrogens with zero attached hydrogens (tertiary/aromatic N) is 1. The molecule has 0 atom stereocenters. The Balaban J connectivity index is 3.91. The minimum Gasteiger partial charge on any atom is -0.463 e. The fourth-order valence-electron chi connectivity index (χ4n) is 0.515. The topological polar surface area (TPSA) is 38.7 Å². The Labute approximate surface area is 77.8 Å². The summed E-state index contributed by atoms with van der Waals surface area (Å²) in [6.45, 7) is 5.66. The summed E-state index contributed by atoms with van der Waals surface area (Å²) in [7, 11) is 0. The largest absolute Gasteiger partial charge is 0.463 e. The van der Waals surface area contributed by atoms with Crippen molar-refractivity contribution in [2.75, 3.05) is 6.61 Å². The van der Waals surface area contributed by atoms with E-state index in [2.05, 4.69) is 22.4 Å². The monoisotopic (exact) mass is 187 g/mol. The number of isothiocyanates is 1. The van der Waals surface area contributed by atoms with Crippen molar-refractivity contribution in [3.63, 3.8) is 0 Å². The van der Waals surface area contributed by atoms with Gasteiger partial charge in [0.05, 0.1) is 10.7 Å². The zero-order valence-electron chi connectivity index (χ0n) is 7.59. The number of hydrogen-bond donors (Lipinski definition) is 0. The van der Waals surface area contributed by atoms with Gasteiger partial charge in [-0.2, -0.15) is 0 Å².